The Kier molecular flexibility index (Phi) is 27.3. The first-order valence-corrected chi connectivity index (χ1v) is 39.7. The highest BCUT2D eigenvalue weighted by Gasteiger charge is 2.78. The first kappa shape index (κ1) is 82.2. The fourth-order valence-electron chi connectivity index (χ4n) is 18.2. The number of nitrogens with one attached hydrogen (secondary N) is 1. The van der Waals surface area contributed by atoms with Crippen LogP contribution in [0.5, 0.6) is 11.5 Å². The van der Waals surface area contributed by atoms with Gasteiger partial charge in [-0.3, -0.25) is 28.8 Å². The van der Waals surface area contributed by atoms with Gasteiger partial charge in [0, 0.05) is 56.7 Å². The number of fused-ring (bicyclic) bond motifs is 6. The molecule has 0 spiro atoms. The van der Waals surface area contributed by atoms with E-state index in [-0.39, 0.29) is 43.7 Å². The van der Waals surface area contributed by atoms with E-state index >= 15 is 9.59 Å². The molecule has 19 heteroatoms. The Morgan fingerprint density at radius 3 is 1.93 bits per heavy atom. The lowest BCUT2D eigenvalue weighted by Gasteiger charge is -2.68. The molecule has 0 radical (unpaired) electrons. The molecule has 2 saturated heterocycles. The van der Waals surface area contributed by atoms with E-state index in [4.69, 9.17) is 42.6 Å². The number of ether oxygens (including phenoxy) is 9. The third kappa shape index (κ3) is 18.8. The molecule has 2 N–H and O–H groups in total. The molecule has 4 aromatic carbocycles. The van der Waals surface area contributed by atoms with E-state index in [1.165, 1.54) is 45.4 Å². The van der Waals surface area contributed by atoms with Crippen LogP contribution in [0, 0.1) is 55.3 Å². The summed E-state index contributed by atoms with van der Waals surface area (Å²) in [6.07, 6.45) is 5.06. The molecule has 0 aromatic heterocycles. The van der Waals surface area contributed by atoms with Crippen LogP contribution in [-0.4, -0.2) is 131 Å². The number of carbonyl (C=O) groups is 7. The normalized spacial score (nSPS) is 27.1. The smallest absolute Gasteiger partial charge is 0.350 e. The van der Waals surface area contributed by atoms with Gasteiger partial charge in [0.15, 0.2) is 17.5 Å². The summed E-state index contributed by atoms with van der Waals surface area (Å²) in [5, 5.41) is 18.1. The molecule has 2 saturated carbocycles. The number of hydrogen-bond donors (Lipinski definition) is 2. The van der Waals surface area contributed by atoms with Gasteiger partial charge < -0.3 is 58.0 Å². The minimum atomic E-state index is -2.28. The van der Waals surface area contributed by atoms with Gasteiger partial charge in [-0.05, 0) is 155 Å². The van der Waals surface area contributed by atoms with Crippen molar-refractivity contribution in [1.29, 1.82) is 0 Å². The fraction of sp³-hybridized carbons (Fsp3) is 0.625. The Labute approximate surface area is 634 Å². The Morgan fingerprint density at radius 1 is 0.692 bits per heavy atom. The van der Waals surface area contributed by atoms with Gasteiger partial charge in [-0.25, -0.2) is 4.79 Å². The minimum Gasteiger partial charge on any atom is -0.487 e. The van der Waals surface area contributed by atoms with Crippen LogP contribution in [-0.2, 0) is 86.3 Å². The number of likely N-dealkylation sites (tertiary alicyclic amines) is 1. The zero-order valence-electron chi connectivity index (χ0n) is 66.1. The molecule has 6 aliphatic rings. The molecule has 584 valence electrons. The largest absolute Gasteiger partial charge is 0.487 e. The molecule has 4 fully saturated rings. The lowest BCUT2D eigenvalue weighted by atomic mass is 9.44. The molecule has 0 amide bonds. The van der Waals surface area contributed by atoms with Crippen LogP contribution >= 0.6 is 0 Å². The number of Topliss-reactive ketones (excluding diaryl/α,β-unsaturated/α-hetero) is 1. The summed E-state index contributed by atoms with van der Waals surface area (Å²) in [4.78, 5) is 106. The van der Waals surface area contributed by atoms with Gasteiger partial charge in [0.1, 0.15) is 41.0 Å². The molecule has 1 unspecified atom stereocenters. The number of piperidine rings is 1. The van der Waals surface area contributed by atoms with Gasteiger partial charge in [0.2, 0.25) is 6.10 Å². The quantitative estimate of drug-likeness (QED) is 0.0195. The zero-order valence-corrected chi connectivity index (χ0v) is 66.1. The highest BCUT2D eigenvalue weighted by atomic mass is 16.6. The van der Waals surface area contributed by atoms with Gasteiger partial charge in [0.05, 0.1) is 50.0 Å². The first-order chi connectivity index (χ1) is 50.9. The van der Waals surface area contributed by atoms with Crippen LogP contribution in [0.4, 0.5) is 0 Å². The summed E-state index contributed by atoms with van der Waals surface area (Å²) in [5.74, 6) is -3.78. The molecular weight excluding hydrogens is 1360 g/mol. The van der Waals surface area contributed by atoms with Crippen LogP contribution in [0.2, 0.25) is 0 Å². The second-order valence-corrected chi connectivity index (χ2v) is 33.4. The lowest BCUT2D eigenvalue weighted by Crippen LogP contribution is -2.82. The monoisotopic (exact) mass is 1480 g/mol. The van der Waals surface area contributed by atoms with E-state index in [1.54, 1.807) is 52.0 Å². The van der Waals surface area contributed by atoms with Crippen molar-refractivity contribution in [2.75, 3.05) is 26.2 Å². The standard InChI is InChI=1S/C88H120N2O17/c1-55(2)30-27-31-56(3)32-28-33-57(4)34-29-45-85(13)46-43-67-58(5)59(6)76(61(8)77(67)107-85)104-71(93)41-42-72(94)105-79(75(66-39-23-17-24-40-66)89-52-64-35-19-15-20-36-64)83(97)102-68-51-88(98)82(99-53-65-37-21-16-22-38-65)80-86(14,81(96)78(101-62(9)91)74(60(68)7)84(88,11)12)69(50-70-87(80,54-100-70)106-63(10)92)103-73(95)44-49-90-47-25-18-26-48-90/h15-17,19-24,35-40,55-57,68-70,75,78-80,82,89,98H,18,25-34,41-54H2,1-14H3/t56-,57-,68-,69-,70+,75-,78+,79+,80-,82-,85?,86+,87-,88+/m0/s1. The van der Waals surface area contributed by atoms with E-state index in [9.17, 15) is 29.1 Å². The third-order valence-electron chi connectivity index (χ3n) is 24.7. The summed E-state index contributed by atoms with van der Waals surface area (Å²) in [6.45, 7) is 28.3. The molecule has 19 nitrogen and oxygen atoms in total. The van der Waals surface area contributed by atoms with Gasteiger partial charge in [-0.2, -0.15) is 0 Å². The van der Waals surface area contributed by atoms with E-state index in [2.05, 4.69) is 44.8 Å². The SMILES string of the molecule is CC(=O)O[C@H]1C(=O)[C@]2(C)[C@@H](OC(=O)CCN3CCCCC3)C[C@H]3OC[C@@]3(OC(C)=O)[C@H]2[C@H](OCc2ccccc2)[C@]2(O)C[C@H](OC(=O)[C@H](OC(=O)CCC(=O)Oc3c(C)c(C)c4c(c3C)OC(C)(CCC[C@@H](C)CCC[C@@H](C)CCCC(C)C)CC4)[C@@H](NCc3ccccc3)c3ccccc3)C(C)=C1C2(C)C. The van der Waals surface area contributed by atoms with Crippen molar-refractivity contribution in [1.82, 2.24) is 10.2 Å². The summed E-state index contributed by atoms with van der Waals surface area (Å²) in [5.41, 5.74) is -2.04. The van der Waals surface area contributed by atoms with Gasteiger partial charge in [-0.15, -0.1) is 0 Å². The average molecular weight is 1480 g/mol. The van der Waals surface area contributed by atoms with Crippen molar-refractivity contribution in [3.63, 3.8) is 0 Å². The number of benzene rings is 4. The zero-order chi connectivity index (χ0) is 77.2. The summed E-state index contributed by atoms with van der Waals surface area (Å²) in [6, 6.07) is 26.5. The molecular formula is C88H120N2O17. The minimum absolute atomic E-state index is 0.000682. The number of hydrogen-bond acceptors (Lipinski definition) is 19. The number of nitrogens with zero attached hydrogens (tertiary/aromatic N) is 1. The van der Waals surface area contributed by atoms with Crippen molar-refractivity contribution in [2.24, 2.45) is 34.5 Å². The molecule has 4 aromatic rings. The van der Waals surface area contributed by atoms with Crippen molar-refractivity contribution in [2.45, 2.75) is 292 Å². The number of aliphatic hydroxyl groups is 1. The summed E-state index contributed by atoms with van der Waals surface area (Å²) in [7, 11) is 0. The van der Waals surface area contributed by atoms with Crippen LogP contribution in [0.1, 0.15) is 237 Å². The van der Waals surface area contributed by atoms with Crippen molar-refractivity contribution >= 4 is 41.6 Å². The Balaban J connectivity index is 0.950. The maximum Gasteiger partial charge on any atom is 0.350 e. The van der Waals surface area contributed by atoms with Gasteiger partial charge >= 0.3 is 35.8 Å². The van der Waals surface area contributed by atoms with Crippen molar-refractivity contribution < 1.29 is 81.3 Å². The topological polar surface area (TPSA) is 238 Å². The number of esters is 6. The Hall–Kier alpha value is -7.29. The highest BCUT2D eigenvalue weighted by molar-refractivity contribution is 5.95. The van der Waals surface area contributed by atoms with E-state index in [1.807, 2.05) is 87.5 Å². The molecule has 3 aliphatic carbocycles. The molecule has 3 heterocycles. The number of carbonyl (C=O) groups excluding carboxylic acids is 7. The molecule has 2 bridgehead atoms. The molecule has 107 heavy (non-hydrogen) atoms. The Bertz CT molecular complexity index is 3790. The number of rotatable bonds is 33. The van der Waals surface area contributed by atoms with Crippen molar-refractivity contribution in [3.8, 4) is 11.5 Å². The van der Waals surface area contributed by atoms with Crippen LogP contribution in [0.15, 0.2) is 102 Å². The second kappa shape index (κ2) is 35.6. The van der Waals surface area contributed by atoms with Crippen LogP contribution < -0.4 is 14.8 Å². The molecule has 10 rings (SSSR count). The predicted molar refractivity (Wildman–Crippen MR) is 407 cm³/mol. The van der Waals surface area contributed by atoms with E-state index in [0.29, 0.717) is 34.9 Å². The van der Waals surface area contributed by atoms with E-state index < -0.39 is 137 Å². The summed E-state index contributed by atoms with van der Waals surface area (Å²) < 4.78 is 59.2. The van der Waals surface area contributed by atoms with Gasteiger partial charge in [0.25, 0.3) is 0 Å². The molecule has 3 aliphatic heterocycles. The van der Waals surface area contributed by atoms with Crippen LogP contribution in [0.25, 0.3) is 0 Å². The lowest BCUT2D eigenvalue weighted by molar-refractivity contribution is -0.352. The summed E-state index contributed by atoms with van der Waals surface area (Å²) >= 11 is 0. The first-order valence-electron chi connectivity index (χ1n) is 39.7. The maximum atomic E-state index is 16.8. The Morgan fingerprint density at radius 2 is 1.31 bits per heavy atom. The second-order valence-electron chi connectivity index (χ2n) is 33.4. The predicted octanol–water partition coefficient (Wildman–Crippen LogP) is 15.3. The third-order valence-corrected chi connectivity index (χ3v) is 24.7. The van der Waals surface area contributed by atoms with Crippen LogP contribution in [0.3, 0.4) is 0 Å². The number of ketones is 1. The highest BCUT2D eigenvalue weighted by Crippen LogP contribution is 2.65. The van der Waals surface area contributed by atoms with E-state index in [0.717, 1.165) is 111 Å². The average Bonchev–Trinajstić information content (AvgIpc) is 0.667. The molecule has 14 atom stereocenters. The van der Waals surface area contributed by atoms with Gasteiger partial charge in [-0.1, -0.05) is 184 Å². The fourth-order valence-corrected chi connectivity index (χ4v) is 18.2. The van der Waals surface area contributed by atoms with Crippen molar-refractivity contribution in [3.05, 3.63) is 141 Å². The maximum absolute atomic E-state index is 16.8.